The molecule has 0 saturated carbocycles. The van der Waals surface area contributed by atoms with Gasteiger partial charge in [-0.05, 0) is 30.3 Å². The van der Waals surface area contributed by atoms with E-state index in [4.69, 9.17) is 0 Å². The predicted octanol–water partition coefficient (Wildman–Crippen LogP) is 0.887. The summed E-state index contributed by atoms with van der Waals surface area (Å²) in [5.74, 6) is -2.73. The summed E-state index contributed by atoms with van der Waals surface area (Å²) in [5.41, 5.74) is 4.38. The van der Waals surface area contributed by atoms with Gasteiger partial charge in [0.25, 0.3) is 11.8 Å². The summed E-state index contributed by atoms with van der Waals surface area (Å²) in [6, 6.07) is 12.1. The minimum absolute atomic E-state index is 0.0985. The van der Waals surface area contributed by atoms with Crippen molar-refractivity contribution in [3.05, 3.63) is 69.7 Å². The smallest absolute Gasteiger partial charge is 0.270 e. The maximum atomic E-state index is 11.9. The van der Waals surface area contributed by atoms with E-state index in [1.165, 1.54) is 24.3 Å². The number of halogens is 1. The molecule has 0 aromatic heterocycles. The third kappa shape index (κ3) is 3.70. The summed E-state index contributed by atoms with van der Waals surface area (Å²) >= 11 is 3.25. The molecule has 0 saturated heterocycles. The van der Waals surface area contributed by atoms with E-state index in [1.54, 1.807) is 24.3 Å². The van der Waals surface area contributed by atoms with E-state index in [9.17, 15) is 19.5 Å². The molecule has 0 fully saturated rings. The lowest BCUT2D eigenvalue weighted by molar-refractivity contribution is -0.255. The first-order valence-electron chi connectivity index (χ1n) is 6.15. The molecule has 0 spiro atoms. The van der Waals surface area contributed by atoms with E-state index in [1.807, 2.05) is 0 Å². The average Bonchev–Trinajstić information content (AvgIpc) is 2.53. The van der Waals surface area contributed by atoms with Crippen LogP contribution in [0.5, 0.6) is 0 Å². The Balaban J connectivity index is 2.06. The zero-order valence-corrected chi connectivity index (χ0v) is 12.7. The summed E-state index contributed by atoms with van der Waals surface area (Å²) < 4.78 is 0.816. The molecule has 0 aliphatic heterocycles. The zero-order chi connectivity index (χ0) is 16.1. The van der Waals surface area contributed by atoms with Gasteiger partial charge in [-0.15, -0.1) is 0 Å². The van der Waals surface area contributed by atoms with Crippen LogP contribution in [0.2, 0.25) is 0 Å². The minimum Gasteiger partial charge on any atom is -0.545 e. The SMILES string of the molecule is O=C(NNC(=O)c1ccccc1C(=O)[O-])c1ccc(Br)cc1. The van der Waals surface area contributed by atoms with Crippen LogP contribution in [0, 0.1) is 0 Å². The molecule has 2 amide bonds. The number of amides is 2. The molecule has 0 atom stereocenters. The molecule has 2 aromatic carbocycles. The van der Waals surface area contributed by atoms with Gasteiger partial charge in [-0.2, -0.15) is 0 Å². The second kappa shape index (κ2) is 6.86. The predicted molar refractivity (Wildman–Crippen MR) is 79.8 cm³/mol. The largest absolute Gasteiger partial charge is 0.545 e. The maximum absolute atomic E-state index is 11.9. The highest BCUT2D eigenvalue weighted by atomic mass is 79.9. The van der Waals surface area contributed by atoms with Gasteiger partial charge < -0.3 is 9.90 Å². The van der Waals surface area contributed by atoms with Crippen LogP contribution in [0.4, 0.5) is 0 Å². The van der Waals surface area contributed by atoms with Gasteiger partial charge in [0.1, 0.15) is 0 Å². The van der Waals surface area contributed by atoms with Crippen LogP contribution in [0.3, 0.4) is 0 Å². The molecule has 6 nitrogen and oxygen atoms in total. The summed E-state index contributed by atoms with van der Waals surface area (Å²) in [5, 5.41) is 10.9. The van der Waals surface area contributed by atoms with E-state index in [-0.39, 0.29) is 11.1 Å². The van der Waals surface area contributed by atoms with Crippen molar-refractivity contribution in [3.8, 4) is 0 Å². The molecular formula is C15H10BrN2O4-. The monoisotopic (exact) mass is 361 g/mol. The third-order valence-corrected chi connectivity index (χ3v) is 3.32. The summed E-state index contributed by atoms with van der Waals surface area (Å²) in [7, 11) is 0. The van der Waals surface area contributed by atoms with Gasteiger partial charge in [-0.3, -0.25) is 20.4 Å². The van der Waals surface area contributed by atoms with Gasteiger partial charge >= 0.3 is 0 Å². The van der Waals surface area contributed by atoms with Gasteiger partial charge in [0, 0.05) is 15.6 Å². The van der Waals surface area contributed by atoms with Crippen LogP contribution in [0.15, 0.2) is 53.0 Å². The Labute approximate surface area is 134 Å². The van der Waals surface area contributed by atoms with E-state index < -0.39 is 17.8 Å². The van der Waals surface area contributed by atoms with Gasteiger partial charge in [-0.25, -0.2) is 0 Å². The second-order valence-corrected chi connectivity index (χ2v) is 5.16. The van der Waals surface area contributed by atoms with Crippen LogP contribution >= 0.6 is 15.9 Å². The fourth-order valence-electron chi connectivity index (χ4n) is 1.71. The fraction of sp³-hybridized carbons (Fsp3) is 0. The number of nitrogens with one attached hydrogen (secondary N) is 2. The maximum Gasteiger partial charge on any atom is 0.270 e. The molecule has 7 heteroatoms. The Kier molecular flexibility index (Phi) is 4.90. The van der Waals surface area contributed by atoms with Crippen LogP contribution < -0.4 is 16.0 Å². The molecular weight excluding hydrogens is 352 g/mol. The van der Waals surface area contributed by atoms with Crippen molar-refractivity contribution in [2.45, 2.75) is 0 Å². The number of carboxylic acid groups (broad SMARTS) is 1. The van der Waals surface area contributed by atoms with Crippen LogP contribution in [0.25, 0.3) is 0 Å². The number of aromatic carboxylic acids is 1. The number of carboxylic acids is 1. The van der Waals surface area contributed by atoms with Gasteiger partial charge in [0.2, 0.25) is 0 Å². The Bertz CT molecular complexity index is 729. The number of hydrogen-bond donors (Lipinski definition) is 2. The van der Waals surface area contributed by atoms with E-state index in [0.29, 0.717) is 5.56 Å². The molecule has 2 aromatic rings. The molecule has 112 valence electrons. The molecule has 2 rings (SSSR count). The Morgan fingerprint density at radius 1 is 0.818 bits per heavy atom. The topological polar surface area (TPSA) is 98.3 Å². The lowest BCUT2D eigenvalue weighted by Crippen LogP contribution is -2.42. The van der Waals surface area contributed by atoms with E-state index in [2.05, 4.69) is 26.8 Å². The van der Waals surface area contributed by atoms with Gasteiger partial charge in [0.15, 0.2) is 0 Å². The van der Waals surface area contributed by atoms with Crippen LogP contribution in [-0.4, -0.2) is 17.8 Å². The molecule has 0 bridgehead atoms. The number of rotatable bonds is 3. The molecule has 0 aliphatic rings. The van der Waals surface area contributed by atoms with Crippen molar-refractivity contribution in [3.63, 3.8) is 0 Å². The van der Waals surface area contributed by atoms with Crippen LogP contribution in [0.1, 0.15) is 31.1 Å². The summed E-state index contributed by atoms with van der Waals surface area (Å²) in [4.78, 5) is 34.7. The standard InChI is InChI=1S/C15H11BrN2O4/c16-10-7-5-9(6-8-10)13(19)17-18-14(20)11-3-1-2-4-12(11)15(21)22/h1-8H,(H,17,19)(H,18,20)(H,21,22)/p-1. The van der Waals surface area contributed by atoms with Crippen molar-refractivity contribution in [1.29, 1.82) is 0 Å². The number of carbonyl (C=O) groups excluding carboxylic acids is 3. The Hall–Kier alpha value is -2.67. The number of carbonyl (C=O) groups is 3. The molecule has 22 heavy (non-hydrogen) atoms. The summed E-state index contributed by atoms with van der Waals surface area (Å²) in [6.07, 6.45) is 0. The van der Waals surface area contributed by atoms with E-state index in [0.717, 1.165) is 4.47 Å². The molecule has 2 N–H and O–H groups in total. The van der Waals surface area contributed by atoms with Crippen LogP contribution in [-0.2, 0) is 0 Å². The Morgan fingerprint density at radius 2 is 1.36 bits per heavy atom. The Morgan fingerprint density at radius 3 is 1.95 bits per heavy atom. The number of benzene rings is 2. The van der Waals surface area contributed by atoms with Crippen molar-refractivity contribution in [2.24, 2.45) is 0 Å². The molecule has 0 unspecified atom stereocenters. The van der Waals surface area contributed by atoms with E-state index >= 15 is 0 Å². The quantitative estimate of drug-likeness (QED) is 0.793. The molecule has 0 heterocycles. The van der Waals surface area contributed by atoms with Gasteiger partial charge in [-0.1, -0.05) is 34.1 Å². The lowest BCUT2D eigenvalue weighted by Gasteiger charge is -2.11. The molecule has 0 radical (unpaired) electrons. The highest BCUT2D eigenvalue weighted by Crippen LogP contribution is 2.10. The lowest BCUT2D eigenvalue weighted by atomic mass is 10.1. The number of hydrogen-bond acceptors (Lipinski definition) is 4. The average molecular weight is 362 g/mol. The van der Waals surface area contributed by atoms with Crippen molar-refractivity contribution < 1.29 is 19.5 Å². The fourth-order valence-corrected chi connectivity index (χ4v) is 1.98. The van der Waals surface area contributed by atoms with Crippen molar-refractivity contribution >= 4 is 33.7 Å². The van der Waals surface area contributed by atoms with Crippen molar-refractivity contribution in [2.75, 3.05) is 0 Å². The normalized spacial score (nSPS) is 9.86. The summed E-state index contributed by atoms with van der Waals surface area (Å²) in [6.45, 7) is 0. The minimum atomic E-state index is -1.47. The van der Waals surface area contributed by atoms with Gasteiger partial charge in [0.05, 0.1) is 11.5 Å². The van der Waals surface area contributed by atoms with Crippen molar-refractivity contribution in [1.82, 2.24) is 10.9 Å². The highest BCUT2D eigenvalue weighted by molar-refractivity contribution is 9.10. The number of hydrazine groups is 1. The third-order valence-electron chi connectivity index (χ3n) is 2.79. The first-order chi connectivity index (χ1) is 10.5. The first kappa shape index (κ1) is 15.7. The highest BCUT2D eigenvalue weighted by Gasteiger charge is 2.13. The second-order valence-electron chi connectivity index (χ2n) is 4.25. The molecule has 0 aliphatic carbocycles. The first-order valence-corrected chi connectivity index (χ1v) is 6.95. The zero-order valence-electron chi connectivity index (χ0n) is 11.1.